The average Bonchev–Trinajstić information content (AvgIpc) is 2.43. The van der Waals surface area contributed by atoms with Gasteiger partial charge in [-0.15, -0.1) is 11.8 Å². The molecule has 1 aromatic rings. The quantitative estimate of drug-likeness (QED) is 0.650. The van der Waals surface area contributed by atoms with E-state index in [4.69, 9.17) is 9.47 Å². The molecular formula is C14H15NO3. The summed E-state index contributed by atoms with van der Waals surface area (Å²) in [5.74, 6) is 6.88. The Labute approximate surface area is 106 Å². The van der Waals surface area contributed by atoms with Crippen molar-refractivity contribution in [1.82, 2.24) is 5.32 Å². The summed E-state index contributed by atoms with van der Waals surface area (Å²) < 4.78 is 10.8. The minimum absolute atomic E-state index is 0.120. The first-order valence-corrected chi connectivity index (χ1v) is 5.88. The summed E-state index contributed by atoms with van der Waals surface area (Å²) in [7, 11) is 0. The van der Waals surface area contributed by atoms with E-state index in [2.05, 4.69) is 17.2 Å². The van der Waals surface area contributed by atoms with Gasteiger partial charge in [0.1, 0.15) is 13.2 Å². The highest BCUT2D eigenvalue weighted by Crippen LogP contribution is 2.30. The molecule has 0 aliphatic carbocycles. The maximum atomic E-state index is 11.8. The Bertz CT molecular complexity index is 499. The third kappa shape index (κ3) is 2.95. The first kappa shape index (κ1) is 12.3. The van der Waals surface area contributed by atoms with E-state index in [1.165, 1.54) is 0 Å². The van der Waals surface area contributed by atoms with Crippen molar-refractivity contribution in [2.75, 3.05) is 19.8 Å². The Balaban J connectivity index is 1.99. The van der Waals surface area contributed by atoms with Gasteiger partial charge in [0.05, 0.1) is 0 Å². The maximum Gasteiger partial charge on any atom is 0.251 e. The van der Waals surface area contributed by atoms with Gasteiger partial charge in [-0.25, -0.2) is 0 Å². The normalized spacial score (nSPS) is 12.3. The molecule has 0 fully saturated rings. The van der Waals surface area contributed by atoms with Crippen LogP contribution in [0.4, 0.5) is 0 Å². The Morgan fingerprint density at radius 1 is 1.33 bits per heavy atom. The van der Waals surface area contributed by atoms with E-state index in [0.29, 0.717) is 43.2 Å². The second kappa shape index (κ2) is 5.97. The molecule has 0 aromatic heterocycles. The van der Waals surface area contributed by atoms with Gasteiger partial charge in [0, 0.05) is 18.5 Å². The van der Waals surface area contributed by atoms with Crippen molar-refractivity contribution in [3.8, 4) is 23.3 Å². The molecule has 1 heterocycles. The predicted molar refractivity (Wildman–Crippen MR) is 67.8 cm³/mol. The lowest BCUT2D eigenvalue weighted by atomic mass is 10.2. The second-order valence-corrected chi connectivity index (χ2v) is 3.79. The Hall–Kier alpha value is -2.15. The lowest BCUT2D eigenvalue weighted by molar-refractivity contribution is 0.0953. The van der Waals surface area contributed by atoms with Crippen molar-refractivity contribution in [3.05, 3.63) is 23.8 Å². The maximum absolute atomic E-state index is 11.8. The summed E-state index contributed by atoms with van der Waals surface area (Å²) in [5.41, 5.74) is 0.573. The standard InChI is InChI=1S/C14H15NO3/c1-2-3-4-7-15-14(16)11-5-6-12-13(10-11)18-9-8-17-12/h5-6,10H,4,7-9H2,1H3,(H,15,16). The molecule has 1 N–H and O–H groups in total. The summed E-state index contributed by atoms with van der Waals surface area (Å²) in [6, 6.07) is 5.19. The number of carbonyl (C=O) groups is 1. The number of rotatable bonds is 3. The van der Waals surface area contributed by atoms with Crippen molar-refractivity contribution in [1.29, 1.82) is 0 Å². The van der Waals surface area contributed by atoms with Crippen molar-refractivity contribution < 1.29 is 14.3 Å². The highest BCUT2D eigenvalue weighted by molar-refractivity contribution is 5.94. The third-order valence-corrected chi connectivity index (χ3v) is 2.52. The van der Waals surface area contributed by atoms with Crippen LogP contribution >= 0.6 is 0 Å². The number of hydrogen-bond donors (Lipinski definition) is 1. The number of hydrogen-bond acceptors (Lipinski definition) is 3. The van der Waals surface area contributed by atoms with Crippen molar-refractivity contribution >= 4 is 5.91 Å². The molecular weight excluding hydrogens is 230 g/mol. The number of ether oxygens (including phenoxy) is 2. The Morgan fingerprint density at radius 2 is 2.11 bits per heavy atom. The highest BCUT2D eigenvalue weighted by Gasteiger charge is 2.14. The molecule has 0 radical (unpaired) electrons. The first-order valence-electron chi connectivity index (χ1n) is 5.88. The molecule has 18 heavy (non-hydrogen) atoms. The molecule has 1 aromatic carbocycles. The van der Waals surface area contributed by atoms with Gasteiger partial charge in [0.25, 0.3) is 5.91 Å². The first-order chi connectivity index (χ1) is 8.81. The van der Waals surface area contributed by atoms with Crippen LogP contribution in [-0.2, 0) is 0 Å². The molecule has 0 unspecified atom stereocenters. The summed E-state index contributed by atoms with van der Waals surface area (Å²) in [6.45, 7) is 3.40. The summed E-state index contributed by atoms with van der Waals surface area (Å²) in [5, 5.41) is 2.80. The van der Waals surface area contributed by atoms with Gasteiger partial charge in [-0.2, -0.15) is 0 Å². The molecule has 0 saturated carbocycles. The van der Waals surface area contributed by atoms with Gasteiger partial charge >= 0.3 is 0 Å². The van der Waals surface area contributed by atoms with Gasteiger partial charge in [-0.1, -0.05) is 0 Å². The van der Waals surface area contributed by atoms with E-state index in [9.17, 15) is 4.79 Å². The van der Waals surface area contributed by atoms with Gasteiger partial charge in [0.2, 0.25) is 0 Å². The van der Waals surface area contributed by atoms with Crippen LogP contribution in [0.1, 0.15) is 23.7 Å². The monoisotopic (exact) mass is 245 g/mol. The van der Waals surface area contributed by atoms with E-state index in [1.807, 2.05) is 0 Å². The summed E-state index contributed by atoms with van der Waals surface area (Å²) in [4.78, 5) is 11.8. The van der Waals surface area contributed by atoms with Crippen LogP contribution < -0.4 is 14.8 Å². The lowest BCUT2D eigenvalue weighted by Crippen LogP contribution is -2.24. The van der Waals surface area contributed by atoms with Crippen LogP contribution in [0.15, 0.2) is 18.2 Å². The zero-order chi connectivity index (χ0) is 12.8. The highest BCUT2D eigenvalue weighted by atomic mass is 16.6. The van der Waals surface area contributed by atoms with Crippen LogP contribution in [0.2, 0.25) is 0 Å². The van der Waals surface area contributed by atoms with Gasteiger partial charge in [-0.3, -0.25) is 4.79 Å². The van der Waals surface area contributed by atoms with Crippen LogP contribution in [0.5, 0.6) is 11.5 Å². The number of fused-ring (bicyclic) bond motifs is 1. The molecule has 1 aliphatic heterocycles. The second-order valence-electron chi connectivity index (χ2n) is 3.79. The molecule has 94 valence electrons. The average molecular weight is 245 g/mol. The third-order valence-electron chi connectivity index (χ3n) is 2.52. The van der Waals surface area contributed by atoms with Crippen LogP contribution in [0.25, 0.3) is 0 Å². The molecule has 0 atom stereocenters. The molecule has 1 aliphatic rings. The SMILES string of the molecule is CC#CCCNC(=O)c1ccc2c(c1)OCCO2. The minimum atomic E-state index is -0.120. The van der Waals surface area contributed by atoms with E-state index < -0.39 is 0 Å². The lowest BCUT2D eigenvalue weighted by Gasteiger charge is -2.18. The Morgan fingerprint density at radius 3 is 2.89 bits per heavy atom. The number of benzene rings is 1. The van der Waals surface area contributed by atoms with E-state index >= 15 is 0 Å². The number of amides is 1. The fraction of sp³-hybridized carbons (Fsp3) is 0.357. The minimum Gasteiger partial charge on any atom is -0.486 e. The van der Waals surface area contributed by atoms with Crippen LogP contribution in [0, 0.1) is 11.8 Å². The van der Waals surface area contributed by atoms with E-state index in [1.54, 1.807) is 25.1 Å². The number of nitrogens with one attached hydrogen (secondary N) is 1. The van der Waals surface area contributed by atoms with Crippen molar-refractivity contribution in [2.24, 2.45) is 0 Å². The zero-order valence-electron chi connectivity index (χ0n) is 10.3. The summed E-state index contributed by atoms with van der Waals surface area (Å²) >= 11 is 0. The fourth-order valence-electron chi connectivity index (χ4n) is 1.65. The summed E-state index contributed by atoms with van der Waals surface area (Å²) in [6.07, 6.45) is 0.660. The van der Waals surface area contributed by atoms with E-state index in [-0.39, 0.29) is 5.91 Å². The molecule has 0 saturated heterocycles. The smallest absolute Gasteiger partial charge is 0.251 e. The van der Waals surface area contributed by atoms with Crippen LogP contribution in [0.3, 0.4) is 0 Å². The predicted octanol–water partition coefficient (Wildman–Crippen LogP) is 1.60. The molecule has 4 nitrogen and oxygen atoms in total. The zero-order valence-corrected chi connectivity index (χ0v) is 10.3. The topological polar surface area (TPSA) is 47.6 Å². The van der Waals surface area contributed by atoms with Gasteiger partial charge in [-0.05, 0) is 25.1 Å². The molecule has 0 spiro atoms. The van der Waals surface area contributed by atoms with Gasteiger partial charge < -0.3 is 14.8 Å². The van der Waals surface area contributed by atoms with Crippen molar-refractivity contribution in [2.45, 2.75) is 13.3 Å². The van der Waals surface area contributed by atoms with E-state index in [0.717, 1.165) is 0 Å². The Kier molecular flexibility index (Phi) is 4.08. The molecule has 2 rings (SSSR count). The van der Waals surface area contributed by atoms with Crippen LogP contribution in [-0.4, -0.2) is 25.7 Å². The molecule has 1 amide bonds. The van der Waals surface area contributed by atoms with Gasteiger partial charge in [0.15, 0.2) is 11.5 Å². The largest absolute Gasteiger partial charge is 0.486 e. The van der Waals surface area contributed by atoms with Crippen molar-refractivity contribution in [3.63, 3.8) is 0 Å². The number of carbonyl (C=O) groups excluding carboxylic acids is 1. The fourth-order valence-corrected chi connectivity index (χ4v) is 1.65. The molecule has 4 heteroatoms. The molecule has 0 bridgehead atoms.